The van der Waals surface area contributed by atoms with Crippen LogP contribution < -0.4 is 5.32 Å². The number of ether oxygens (including phenoxy) is 1. The van der Waals surface area contributed by atoms with Gasteiger partial charge in [-0.2, -0.15) is 5.10 Å². The molecule has 2 N–H and O–H groups in total. The number of aryl methyl sites for hydroxylation is 2. The summed E-state index contributed by atoms with van der Waals surface area (Å²) in [5.74, 6) is -0.213. The first-order valence-electron chi connectivity index (χ1n) is 7.55. The lowest BCUT2D eigenvalue weighted by molar-refractivity contribution is 0.0610. The van der Waals surface area contributed by atoms with E-state index in [1.165, 1.54) is 7.11 Å². The SMILES string of the molecule is COCC(O)CNC(=O)c1cccc(Cn2nc(C)cc2C)c1. The van der Waals surface area contributed by atoms with Crippen LogP contribution in [-0.2, 0) is 11.3 Å². The van der Waals surface area contributed by atoms with Gasteiger partial charge in [-0.15, -0.1) is 0 Å². The highest BCUT2D eigenvalue weighted by atomic mass is 16.5. The van der Waals surface area contributed by atoms with Crippen molar-refractivity contribution >= 4 is 5.91 Å². The minimum absolute atomic E-state index is 0.161. The van der Waals surface area contributed by atoms with E-state index in [9.17, 15) is 9.90 Å². The largest absolute Gasteiger partial charge is 0.389 e. The maximum absolute atomic E-state index is 12.1. The smallest absolute Gasteiger partial charge is 0.251 e. The number of carbonyl (C=O) groups is 1. The fraction of sp³-hybridized carbons (Fsp3) is 0.412. The van der Waals surface area contributed by atoms with Crippen molar-refractivity contribution in [2.45, 2.75) is 26.5 Å². The molecule has 6 nitrogen and oxygen atoms in total. The van der Waals surface area contributed by atoms with Gasteiger partial charge >= 0.3 is 0 Å². The maximum Gasteiger partial charge on any atom is 0.251 e. The molecule has 1 aromatic heterocycles. The van der Waals surface area contributed by atoms with E-state index in [2.05, 4.69) is 10.4 Å². The minimum Gasteiger partial charge on any atom is -0.389 e. The highest BCUT2D eigenvalue weighted by molar-refractivity contribution is 5.94. The van der Waals surface area contributed by atoms with Gasteiger partial charge < -0.3 is 15.2 Å². The second-order valence-corrected chi connectivity index (χ2v) is 5.60. The molecule has 1 amide bonds. The van der Waals surface area contributed by atoms with E-state index in [1.54, 1.807) is 6.07 Å². The van der Waals surface area contributed by atoms with E-state index < -0.39 is 6.10 Å². The van der Waals surface area contributed by atoms with Gasteiger partial charge in [-0.05, 0) is 37.6 Å². The molecule has 0 saturated carbocycles. The summed E-state index contributed by atoms with van der Waals surface area (Å²) in [7, 11) is 1.51. The van der Waals surface area contributed by atoms with Gasteiger partial charge in [0.2, 0.25) is 0 Å². The third kappa shape index (κ3) is 4.91. The van der Waals surface area contributed by atoms with Gasteiger partial charge in [-0.3, -0.25) is 9.48 Å². The Labute approximate surface area is 136 Å². The van der Waals surface area contributed by atoms with Crippen molar-refractivity contribution in [2.24, 2.45) is 0 Å². The number of methoxy groups -OCH3 is 1. The molecule has 1 atom stereocenters. The number of hydrogen-bond acceptors (Lipinski definition) is 4. The summed E-state index contributed by atoms with van der Waals surface area (Å²) in [6, 6.07) is 9.43. The molecule has 0 spiro atoms. The molecule has 23 heavy (non-hydrogen) atoms. The number of hydrogen-bond donors (Lipinski definition) is 2. The fourth-order valence-corrected chi connectivity index (χ4v) is 2.38. The molecule has 0 bridgehead atoms. The average Bonchev–Trinajstić information content (AvgIpc) is 2.83. The van der Waals surface area contributed by atoms with Crippen LogP contribution in [0.5, 0.6) is 0 Å². The summed E-state index contributed by atoms with van der Waals surface area (Å²) in [6.07, 6.45) is -0.707. The number of nitrogens with one attached hydrogen (secondary N) is 1. The van der Waals surface area contributed by atoms with Crippen molar-refractivity contribution in [3.8, 4) is 0 Å². The van der Waals surface area contributed by atoms with Crippen molar-refractivity contribution in [1.29, 1.82) is 0 Å². The first-order valence-corrected chi connectivity index (χ1v) is 7.55. The average molecular weight is 317 g/mol. The zero-order valence-corrected chi connectivity index (χ0v) is 13.7. The van der Waals surface area contributed by atoms with Gasteiger partial charge in [0, 0.05) is 24.9 Å². The highest BCUT2D eigenvalue weighted by Gasteiger charge is 2.10. The summed E-state index contributed by atoms with van der Waals surface area (Å²) < 4.78 is 6.74. The van der Waals surface area contributed by atoms with Crippen LogP contribution in [0.4, 0.5) is 0 Å². The molecule has 124 valence electrons. The zero-order valence-electron chi connectivity index (χ0n) is 13.7. The van der Waals surface area contributed by atoms with Crippen molar-refractivity contribution in [3.05, 3.63) is 52.8 Å². The molecule has 2 aromatic rings. The minimum atomic E-state index is -0.707. The van der Waals surface area contributed by atoms with E-state index in [-0.39, 0.29) is 19.1 Å². The van der Waals surface area contributed by atoms with Gasteiger partial charge in [-0.25, -0.2) is 0 Å². The van der Waals surface area contributed by atoms with Gasteiger partial charge in [0.1, 0.15) is 0 Å². The van der Waals surface area contributed by atoms with Crippen LogP contribution in [0.25, 0.3) is 0 Å². The molecule has 0 aliphatic heterocycles. The third-order valence-corrected chi connectivity index (χ3v) is 3.48. The maximum atomic E-state index is 12.1. The van der Waals surface area contributed by atoms with Gasteiger partial charge in [0.05, 0.1) is 24.9 Å². The monoisotopic (exact) mass is 317 g/mol. The zero-order chi connectivity index (χ0) is 16.8. The number of amides is 1. The first-order chi connectivity index (χ1) is 11.0. The fourth-order valence-electron chi connectivity index (χ4n) is 2.38. The molecule has 0 fully saturated rings. The van der Waals surface area contributed by atoms with E-state index >= 15 is 0 Å². The molecule has 0 aliphatic rings. The standard InChI is InChI=1S/C17H23N3O3/c1-12-7-13(2)20(19-12)10-14-5-4-6-15(8-14)17(22)18-9-16(21)11-23-3/h4-8,16,21H,9-11H2,1-3H3,(H,18,22). The van der Waals surface area contributed by atoms with Crippen LogP contribution in [0.1, 0.15) is 27.3 Å². The molecule has 6 heteroatoms. The van der Waals surface area contributed by atoms with Crippen molar-refractivity contribution < 1.29 is 14.6 Å². The van der Waals surface area contributed by atoms with E-state index in [1.807, 2.05) is 42.8 Å². The summed E-state index contributed by atoms with van der Waals surface area (Å²) in [4.78, 5) is 12.1. The number of nitrogens with zero attached hydrogens (tertiary/aromatic N) is 2. The second-order valence-electron chi connectivity index (χ2n) is 5.60. The summed E-state index contributed by atoms with van der Waals surface area (Å²) >= 11 is 0. The molecule has 0 aliphatic carbocycles. The summed E-state index contributed by atoms with van der Waals surface area (Å²) in [5.41, 5.74) is 3.62. The topological polar surface area (TPSA) is 76.4 Å². The summed E-state index contributed by atoms with van der Waals surface area (Å²) in [6.45, 7) is 4.94. The number of aliphatic hydroxyl groups is 1. The van der Waals surface area contributed by atoms with Gasteiger partial charge in [0.15, 0.2) is 0 Å². The van der Waals surface area contributed by atoms with Crippen molar-refractivity contribution in [1.82, 2.24) is 15.1 Å². The van der Waals surface area contributed by atoms with Crippen LogP contribution in [0.15, 0.2) is 30.3 Å². The Morgan fingerprint density at radius 3 is 2.83 bits per heavy atom. The van der Waals surface area contributed by atoms with Crippen molar-refractivity contribution in [2.75, 3.05) is 20.3 Å². The Morgan fingerprint density at radius 2 is 2.17 bits per heavy atom. The normalized spacial score (nSPS) is 12.2. The van der Waals surface area contributed by atoms with Crippen LogP contribution in [0, 0.1) is 13.8 Å². The van der Waals surface area contributed by atoms with Crippen LogP contribution >= 0.6 is 0 Å². The van der Waals surface area contributed by atoms with Gasteiger partial charge in [0.25, 0.3) is 5.91 Å². The molecule has 1 unspecified atom stereocenters. The Kier molecular flexibility index (Phi) is 5.90. The molecule has 0 radical (unpaired) electrons. The van der Waals surface area contributed by atoms with Crippen LogP contribution in [0.3, 0.4) is 0 Å². The van der Waals surface area contributed by atoms with Crippen LogP contribution in [0.2, 0.25) is 0 Å². The van der Waals surface area contributed by atoms with E-state index in [0.29, 0.717) is 12.1 Å². The number of aliphatic hydroxyl groups excluding tert-OH is 1. The van der Waals surface area contributed by atoms with E-state index in [0.717, 1.165) is 17.0 Å². The van der Waals surface area contributed by atoms with Gasteiger partial charge in [-0.1, -0.05) is 12.1 Å². The lowest BCUT2D eigenvalue weighted by Crippen LogP contribution is -2.34. The molecule has 2 rings (SSSR count). The third-order valence-electron chi connectivity index (χ3n) is 3.48. The number of carbonyl (C=O) groups excluding carboxylic acids is 1. The molecule has 1 heterocycles. The molecule has 0 saturated heterocycles. The molecular formula is C17H23N3O3. The molecular weight excluding hydrogens is 294 g/mol. The number of benzene rings is 1. The predicted molar refractivity (Wildman–Crippen MR) is 87.5 cm³/mol. The predicted octanol–water partition coefficient (Wildman–Crippen LogP) is 1.29. The Morgan fingerprint density at radius 1 is 1.39 bits per heavy atom. The Hall–Kier alpha value is -2.18. The molecule has 1 aromatic carbocycles. The number of aromatic nitrogens is 2. The van der Waals surface area contributed by atoms with E-state index in [4.69, 9.17) is 4.74 Å². The quantitative estimate of drug-likeness (QED) is 0.807. The lowest BCUT2D eigenvalue weighted by atomic mass is 10.1. The van der Waals surface area contributed by atoms with Crippen molar-refractivity contribution in [3.63, 3.8) is 0 Å². The first kappa shape index (κ1) is 17.2. The second kappa shape index (κ2) is 7.89. The van der Waals surface area contributed by atoms with Crippen LogP contribution in [-0.4, -0.2) is 47.2 Å². The lowest BCUT2D eigenvalue weighted by Gasteiger charge is -2.11. The number of rotatable bonds is 7. The Bertz CT molecular complexity index is 667. The summed E-state index contributed by atoms with van der Waals surface area (Å²) in [5, 5.41) is 16.7. The Balaban J connectivity index is 2.01. The highest BCUT2D eigenvalue weighted by Crippen LogP contribution is 2.10.